The molecule has 1 saturated heterocycles. The summed E-state index contributed by atoms with van der Waals surface area (Å²) < 4.78 is 5.38. The Hall–Kier alpha value is -2.04. The van der Waals surface area contributed by atoms with Crippen molar-refractivity contribution in [3.63, 3.8) is 0 Å². The highest BCUT2D eigenvalue weighted by molar-refractivity contribution is 8.04. The molecular formula is C19H17NO2S. The Morgan fingerprint density at radius 3 is 2.48 bits per heavy atom. The van der Waals surface area contributed by atoms with Gasteiger partial charge < -0.3 is 9.64 Å². The lowest BCUT2D eigenvalue weighted by molar-refractivity contribution is 0.104. The third kappa shape index (κ3) is 2.92. The van der Waals surface area contributed by atoms with Gasteiger partial charge in [-0.3, -0.25) is 4.79 Å². The van der Waals surface area contributed by atoms with Crippen LogP contribution in [-0.4, -0.2) is 32.1 Å². The highest BCUT2D eigenvalue weighted by Gasteiger charge is 2.25. The number of hydrogen-bond donors (Lipinski definition) is 0. The van der Waals surface area contributed by atoms with Gasteiger partial charge in [-0.1, -0.05) is 36.0 Å². The molecule has 0 aromatic heterocycles. The van der Waals surface area contributed by atoms with E-state index >= 15 is 0 Å². The van der Waals surface area contributed by atoms with E-state index in [4.69, 9.17) is 4.74 Å². The van der Waals surface area contributed by atoms with Gasteiger partial charge in [-0.25, -0.2) is 0 Å². The Bertz CT molecular complexity index is 761. The number of thioether (sulfide) groups is 1. The van der Waals surface area contributed by atoms with Crippen molar-refractivity contribution in [3.05, 3.63) is 64.6 Å². The van der Waals surface area contributed by atoms with Gasteiger partial charge in [-0.05, 0) is 35.9 Å². The highest BCUT2D eigenvalue weighted by atomic mass is 32.2. The monoisotopic (exact) mass is 323 g/mol. The summed E-state index contributed by atoms with van der Waals surface area (Å²) in [5.74, 6) is 0.128. The molecule has 0 N–H and O–H groups in total. The number of carbonyl (C=O) groups is 1. The minimum Gasteiger partial charge on any atom is -0.378 e. The minimum absolute atomic E-state index is 0.128. The second-order valence-corrected chi connectivity index (χ2v) is 6.71. The van der Waals surface area contributed by atoms with E-state index in [1.165, 1.54) is 5.69 Å². The zero-order valence-corrected chi connectivity index (χ0v) is 13.5. The molecule has 0 spiro atoms. The Kier molecular flexibility index (Phi) is 3.93. The fourth-order valence-electron chi connectivity index (χ4n) is 2.89. The van der Waals surface area contributed by atoms with Crippen molar-refractivity contribution in [2.24, 2.45) is 0 Å². The Morgan fingerprint density at radius 1 is 1.00 bits per heavy atom. The van der Waals surface area contributed by atoms with E-state index in [1.807, 2.05) is 30.3 Å². The summed E-state index contributed by atoms with van der Waals surface area (Å²) >= 11 is 1.56. The molecule has 0 amide bonds. The average molecular weight is 323 g/mol. The van der Waals surface area contributed by atoms with Crippen molar-refractivity contribution in [3.8, 4) is 0 Å². The smallest absolute Gasteiger partial charge is 0.200 e. The van der Waals surface area contributed by atoms with Crippen molar-refractivity contribution in [2.45, 2.75) is 4.90 Å². The van der Waals surface area contributed by atoms with E-state index in [0.29, 0.717) is 0 Å². The molecule has 3 nitrogen and oxygen atoms in total. The van der Waals surface area contributed by atoms with Crippen LogP contribution in [0.1, 0.15) is 15.9 Å². The highest BCUT2D eigenvalue weighted by Crippen LogP contribution is 2.40. The molecule has 4 rings (SSSR count). The number of rotatable bonds is 2. The summed E-state index contributed by atoms with van der Waals surface area (Å²) in [5.41, 5.74) is 3.09. The molecule has 2 aromatic rings. The normalized spacial score (nSPS) is 19.2. The first-order valence-electron chi connectivity index (χ1n) is 7.77. The molecule has 2 aliphatic heterocycles. The molecule has 2 heterocycles. The number of nitrogens with zero attached hydrogens (tertiary/aromatic N) is 1. The van der Waals surface area contributed by atoms with Gasteiger partial charge >= 0.3 is 0 Å². The van der Waals surface area contributed by atoms with Crippen molar-refractivity contribution in [2.75, 3.05) is 31.2 Å². The second kappa shape index (κ2) is 6.22. The van der Waals surface area contributed by atoms with E-state index in [9.17, 15) is 4.79 Å². The van der Waals surface area contributed by atoms with Gasteiger partial charge in [0.15, 0.2) is 0 Å². The summed E-state index contributed by atoms with van der Waals surface area (Å²) in [7, 11) is 0. The van der Waals surface area contributed by atoms with Crippen LogP contribution < -0.4 is 4.90 Å². The maximum absolute atomic E-state index is 12.4. The van der Waals surface area contributed by atoms with Crippen LogP contribution in [0.15, 0.2) is 58.3 Å². The summed E-state index contributed by atoms with van der Waals surface area (Å²) in [4.78, 5) is 16.6. The third-order valence-corrected chi connectivity index (χ3v) is 5.24. The molecular weight excluding hydrogens is 306 g/mol. The fourth-order valence-corrected chi connectivity index (χ4v) is 3.94. The fraction of sp³-hybridized carbons (Fsp3) is 0.211. The molecule has 0 saturated carbocycles. The van der Waals surface area contributed by atoms with Gasteiger partial charge in [0.1, 0.15) is 0 Å². The van der Waals surface area contributed by atoms with Crippen LogP contribution in [0, 0.1) is 0 Å². The number of hydrogen-bond acceptors (Lipinski definition) is 4. The van der Waals surface area contributed by atoms with Crippen molar-refractivity contribution < 1.29 is 9.53 Å². The lowest BCUT2D eigenvalue weighted by Gasteiger charge is -2.28. The summed E-state index contributed by atoms with van der Waals surface area (Å²) in [5, 5.41) is 0. The zero-order valence-electron chi connectivity index (χ0n) is 12.7. The summed E-state index contributed by atoms with van der Waals surface area (Å²) in [6, 6.07) is 16.2. The number of ether oxygens (including phenoxy) is 1. The number of benzene rings is 2. The van der Waals surface area contributed by atoms with Crippen molar-refractivity contribution in [1.29, 1.82) is 0 Å². The quantitative estimate of drug-likeness (QED) is 0.785. The molecule has 0 atom stereocenters. The lowest BCUT2D eigenvalue weighted by Crippen LogP contribution is -2.36. The van der Waals surface area contributed by atoms with Gasteiger partial charge in [0, 0.05) is 29.2 Å². The van der Waals surface area contributed by atoms with Crippen molar-refractivity contribution >= 4 is 29.3 Å². The van der Waals surface area contributed by atoms with Crippen LogP contribution in [-0.2, 0) is 4.74 Å². The first-order valence-corrected chi connectivity index (χ1v) is 8.59. The van der Waals surface area contributed by atoms with E-state index < -0.39 is 0 Å². The number of ketones is 1. The molecule has 2 aromatic carbocycles. The number of anilines is 1. The molecule has 0 unspecified atom stereocenters. The summed E-state index contributed by atoms with van der Waals surface area (Å²) in [6.45, 7) is 3.44. The first-order chi connectivity index (χ1) is 11.3. The maximum Gasteiger partial charge on any atom is 0.200 e. The van der Waals surface area contributed by atoms with Crippen LogP contribution in [0.5, 0.6) is 0 Å². The van der Waals surface area contributed by atoms with Gasteiger partial charge in [0.05, 0.1) is 18.1 Å². The predicted octanol–water partition coefficient (Wildman–Crippen LogP) is 3.85. The minimum atomic E-state index is 0.128. The number of Topliss-reactive ketones (excluding diaryl/α,β-unsaturated/α-hetero) is 1. The largest absolute Gasteiger partial charge is 0.378 e. The van der Waals surface area contributed by atoms with E-state index in [0.717, 1.165) is 47.2 Å². The van der Waals surface area contributed by atoms with Crippen LogP contribution in [0.4, 0.5) is 5.69 Å². The molecule has 0 bridgehead atoms. The Labute approximate surface area is 139 Å². The van der Waals surface area contributed by atoms with E-state index in [-0.39, 0.29) is 5.78 Å². The number of fused-ring (bicyclic) bond motifs is 1. The Morgan fingerprint density at radius 2 is 1.74 bits per heavy atom. The Balaban J connectivity index is 1.54. The number of allylic oxidation sites excluding steroid dienone is 1. The molecule has 1 fully saturated rings. The van der Waals surface area contributed by atoms with Gasteiger partial charge in [0.2, 0.25) is 5.78 Å². The van der Waals surface area contributed by atoms with Gasteiger partial charge in [-0.2, -0.15) is 0 Å². The number of morpholine rings is 1. The number of carbonyl (C=O) groups excluding carboxylic acids is 1. The molecule has 23 heavy (non-hydrogen) atoms. The van der Waals surface area contributed by atoms with Crippen LogP contribution >= 0.6 is 11.8 Å². The standard InChI is InChI=1S/C19H17NO2S/c21-19-16-3-1-2-4-17(16)23-18(19)13-14-5-7-15(8-6-14)20-9-11-22-12-10-20/h1-8,13H,9-12H2. The SMILES string of the molecule is O=C1C(=Cc2ccc(N3CCOCC3)cc2)Sc2ccccc21. The van der Waals surface area contributed by atoms with Crippen LogP contribution in [0.2, 0.25) is 0 Å². The first kappa shape index (κ1) is 14.5. The van der Waals surface area contributed by atoms with Crippen LogP contribution in [0.25, 0.3) is 6.08 Å². The molecule has 0 aliphatic carbocycles. The average Bonchev–Trinajstić information content (AvgIpc) is 2.93. The second-order valence-electron chi connectivity index (χ2n) is 5.63. The topological polar surface area (TPSA) is 29.5 Å². The predicted molar refractivity (Wildman–Crippen MR) is 94.1 cm³/mol. The summed E-state index contributed by atoms with van der Waals surface area (Å²) in [6.07, 6.45) is 1.98. The van der Waals surface area contributed by atoms with Gasteiger partial charge in [0.25, 0.3) is 0 Å². The van der Waals surface area contributed by atoms with Crippen molar-refractivity contribution in [1.82, 2.24) is 0 Å². The molecule has 116 valence electrons. The molecule has 4 heteroatoms. The third-order valence-electron chi connectivity index (χ3n) is 4.14. The van der Waals surface area contributed by atoms with E-state index in [1.54, 1.807) is 11.8 Å². The molecule has 0 radical (unpaired) electrons. The zero-order chi connectivity index (χ0) is 15.6. The lowest BCUT2D eigenvalue weighted by atomic mass is 10.1. The van der Waals surface area contributed by atoms with Gasteiger partial charge in [-0.15, -0.1) is 0 Å². The molecule has 2 aliphatic rings. The van der Waals surface area contributed by atoms with Crippen LogP contribution in [0.3, 0.4) is 0 Å². The van der Waals surface area contributed by atoms with E-state index in [2.05, 4.69) is 29.2 Å². The maximum atomic E-state index is 12.4.